The van der Waals surface area contributed by atoms with Crippen LogP contribution in [0.25, 0.3) is 0 Å². The first kappa shape index (κ1) is 15.4. The molecule has 1 aliphatic heterocycles. The third-order valence-corrected chi connectivity index (χ3v) is 4.25. The van der Waals surface area contributed by atoms with Crippen molar-refractivity contribution in [1.82, 2.24) is 5.32 Å². The molecule has 0 radical (unpaired) electrons. The smallest absolute Gasteiger partial charge is 0.331 e. The van der Waals surface area contributed by atoms with Gasteiger partial charge in [0.15, 0.2) is 16.4 Å². The summed E-state index contributed by atoms with van der Waals surface area (Å²) < 4.78 is 27.1. The van der Waals surface area contributed by atoms with Crippen LogP contribution < -0.4 is 5.32 Å². The molecule has 1 N–H and O–H groups in total. The minimum absolute atomic E-state index is 0.0477. The molecule has 1 saturated heterocycles. The number of rotatable bonds is 5. The molecule has 1 amide bonds. The maximum Gasteiger partial charge on any atom is 0.331 e. The summed E-state index contributed by atoms with van der Waals surface area (Å²) in [6.07, 6.45) is 6.52. The van der Waals surface area contributed by atoms with Gasteiger partial charge in [-0.3, -0.25) is 4.79 Å². The first-order valence-electron chi connectivity index (χ1n) is 5.89. The number of allylic oxidation sites excluding steroid dienone is 3. The fourth-order valence-corrected chi connectivity index (χ4v) is 3.28. The molecule has 1 fully saturated rings. The van der Waals surface area contributed by atoms with Gasteiger partial charge in [0.2, 0.25) is 0 Å². The van der Waals surface area contributed by atoms with E-state index in [1.165, 1.54) is 12.2 Å². The summed E-state index contributed by atoms with van der Waals surface area (Å²) >= 11 is 0. The van der Waals surface area contributed by atoms with Crippen molar-refractivity contribution in [2.24, 2.45) is 0 Å². The second kappa shape index (κ2) is 7.08. The summed E-state index contributed by atoms with van der Waals surface area (Å²) in [5.74, 6) is -1.07. The molecule has 0 aliphatic carbocycles. The summed E-state index contributed by atoms with van der Waals surface area (Å²) in [6.45, 7) is 1.40. The molecular formula is C12H17NO5S. The van der Waals surface area contributed by atoms with Gasteiger partial charge >= 0.3 is 5.97 Å². The molecule has 0 saturated carbocycles. The van der Waals surface area contributed by atoms with Gasteiger partial charge in [0.05, 0.1) is 11.5 Å². The predicted molar refractivity (Wildman–Crippen MR) is 70.1 cm³/mol. The molecule has 0 aromatic carbocycles. The Hall–Kier alpha value is -1.63. The van der Waals surface area contributed by atoms with Crippen LogP contribution in [0, 0.1) is 0 Å². The van der Waals surface area contributed by atoms with Crippen molar-refractivity contribution in [1.29, 1.82) is 0 Å². The Balaban J connectivity index is 2.27. The van der Waals surface area contributed by atoms with Gasteiger partial charge in [-0.05, 0) is 13.3 Å². The molecule has 0 aromatic rings. The normalized spacial score (nSPS) is 21.8. The second-order valence-corrected chi connectivity index (χ2v) is 6.39. The molecule has 0 aromatic heterocycles. The summed E-state index contributed by atoms with van der Waals surface area (Å²) in [6, 6.07) is -0.380. The zero-order valence-electron chi connectivity index (χ0n) is 10.7. The average molecular weight is 287 g/mol. The van der Waals surface area contributed by atoms with Gasteiger partial charge in [0.25, 0.3) is 5.91 Å². The maximum atomic E-state index is 11.4. The van der Waals surface area contributed by atoms with E-state index in [-0.39, 0.29) is 17.5 Å². The molecule has 1 atom stereocenters. The Morgan fingerprint density at radius 3 is 2.68 bits per heavy atom. The Morgan fingerprint density at radius 2 is 2.11 bits per heavy atom. The highest BCUT2D eigenvalue weighted by Gasteiger charge is 2.28. The molecule has 6 nitrogen and oxygen atoms in total. The van der Waals surface area contributed by atoms with Crippen molar-refractivity contribution in [3.63, 3.8) is 0 Å². The third kappa shape index (κ3) is 6.19. The van der Waals surface area contributed by atoms with E-state index in [4.69, 9.17) is 4.74 Å². The number of hydrogen-bond donors (Lipinski definition) is 1. The molecule has 1 aliphatic rings. The number of ether oxygens (including phenoxy) is 1. The molecular weight excluding hydrogens is 270 g/mol. The van der Waals surface area contributed by atoms with Crippen LogP contribution in [0.3, 0.4) is 0 Å². The zero-order valence-corrected chi connectivity index (χ0v) is 11.5. The third-order valence-electron chi connectivity index (χ3n) is 2.48. The van der Waals surface area contributed by atoms with Crippen molar-refractivity contribution < 1.29 is 22.7 Å². The van der Waals surface area contributed by atoms with Gasteiger partial charge in [-0.25, -0.2) is 13.2 Å². The minimum Gasteiger partial charge on any atom is -0.452 e. The maximum absolute atomic E-state index is 11.4. The quantitative estimate of drug-likeness (QED) is 0.435. The highest BCUT2D eigenvalue weighted by Crippen LogP contribution is 2.10. The Morgan fingerprint density at radius 1 is 1.37 bits per heavy atom. The molecule has 0 bridgehead atoms. The van der Waals surface area contributed by atoms with Crippen molar-refractivity contribution >= 4 is 21.7 Å². The standard InChI is InChI=1S/C12H17NO5S/c1-2-3-4-5-12(15)18-8-11(14)13-10-6-7-19(16,17)9-10/h2-5,10H,6-9H2,1H3,(H,13,14)/b3-2+,5-4+/t10-/m0/s1. The van der Waals surface area contributed by atoms with Gasteiger partial charge in [0.1, 0.15) is 0 Å². The zero-order chi connectivity index (χ0) is 14.3. The van der Waals surface area contributed by atoms with E-state index in [1.54, 1.807) is 19.1 Å². The van der Waals surface area contributed by atoms with E-state index in [1.807, 2.05) is 0 Å². The van der Waals surface area contributed by atoms with Crippen LogP contribution in [0.1, 0.15) is 13.3 Å². The van der Waals surface area contributed by atoms with E-state index in [2.05, 4.69) is 5.32 Å². The molecule has 19 heavy (non-hydrogen) atoms. The molecule has 0 unspecified atom stereocenters. The van der Waals surface area contributed by atoms with Crippen LogP contribution in [-0.4, -0.2) is 44.4 Å². The summed E-state index contributed by atoms with van der Waals surface area (Å²) in [7, 11) is -3.03. The number of esters is 1. The van der Waals surface area contributed by atoms with Gasteiger partial charge in [-0.2, -0.15) is 0 Å². The number of hydrogen-bond acceptors (Lipinski definition) is 5. The van der Waals surface area contributed by atoms with Gasteiger partial charge in [-0.15, -0.1) is 0 Å². The van der Waals surface area contributed by atoms with Crippen LogP contribution in [0.4, 0.5) is 0 Å². The number of carbonyl (C=O) groups excluding carboxylic acids is 2. The van der Waals surface area contributed by atoms with Gasteiger partial charge in [0, 0.05) is 12.1 Å². The van der Waals surface area contributed by atoms with Crippen LogP contribution in [0.15, 0.2) is 24.3 Å². The average Bonchev–Trinajstić information content (AvgIpc) is 2.66. The van der Waals surface area contributed by atoms with Crippen LogP contribution in [0.5, 0.6) is 0 Å². The van der Waals surface area contributed by atoms with Gasteiger partial charge < -0.3 is 10.1 Å². The SMILES string of the molecule is C/C=C/C=C/C(=O)OCC(=O)N[C@H]1CCS(=O)(=O)C1. The lowest BCUT2D eigenvalue weighted by Crippen LogP contribution is -2.38. The van der Waals surface area contributed by atoms with Crippen LogP contribution >= 0.6 is 0 Å². The van der Waals surface area contributed by atoms with E-state index < -0.39 is 28.3 Å². The molecule has 1 rings (SSSR count). The Bertz CT molecular complexity index is 492. The second-order valence-electron chi connectivity index (χ2n) is 4.16. The highest BCUT2D eigenvalue weighted by atomic mass is 32.2. The fraction of sp³-hybridized carbons (Fsp3) is 0.500. The Kier molecular flexibility index (Phi) is 5.75. The van der Waals surface area contributed by atoms with Crippen molar-refractivity contribution in [2.75, 3.05) is 18.1 Å². The first-order valence-corrected chi connectivity index (χ1v) is 7.71. The monoisotopic (exact) mass is 287 g/mol. The summed E-state index contributed by atoms with van der Waals surface area (Å²) in [5.41, 5.74) is 0. The van der Waals surface area contributed by atoms with Gasteiger partial charge in [-0.1, -0.05) is 18.2 Å². The van der Waals surface area contributed by atoms with Crippen molar-refractivity contribution in [2.45, 2.75) is 19.4 Å². The number of sulfone groups is 1. The Labute approximate surface area is 112 Å². The van der Waals surface area contributed by atoms with Crippen molar-refractivity contribution in [3.05, 3.63) is 24.3 Å². The van der Waals surface area contributed by atoms with Crippen LogP contribution in [0.2, 0.25) is 0 Å². The van der Waals surface area contributed by atoms with E-state index in [0.29, 0.717) is 6.42 Å². The topological polar surface area (TPSA) is 89.5 Å². The molecule has 1 heterocycles. The molecule has 7 heteroatoms. The number of nitrogens with one attached hydrogen (secondary N) is 1. The number of amides is 1. The largest absolute Gasteiger partial charge is 0.452 e. The molecule has 0 spiro atoms. The van der Waals surface area contributed by atoms with Crippen LogP contribution in [-0.2, 0) is 24.2 Å². The first-order chi connectivity index (χ1) is 8.93. The predicted octanol–water partition coefficient (Wildman–Crippen LogP) is -0.0348. The van der Waals surface area contributed by atoms with Crippen molar-refractivity contribution in [3.8, 4) is 0 Å². The van der Waals surface area contributed by atoms with E-state index in [0.717, 1.165) is 0 Å². The minimum atomic E-state index is -3.03. The lowest BCUT2D eigenvalue weighted by atomic mass is 10.2. The fourth-order valence-electron chi connectivity index (χ4n) is 1.61. The number of carbonyl (C=O) groups is 2. The van der Waals surface area contributed by atoms with E-state index in [9.17, 15) is 18.0 Å². The summed E-state index contributed by atoms with van der Waals surface area (Å²) in [4.78, 5) is 22.6. The molecule has 106 valence electrons. The van der Waals surface area contributed by atoms with E-state index >= 15 is 0 Å². The highest BCUT2D eigenvalue weighted by molar-refractivity contribution is 7.91. The lowest BCUT2D eigenvalue weighted by Gasteiger charge is -2.10. The summed E-state index contributed by atoms with van der Waals surface area (Å²) in [5, 5.41) is 2.52. The lowest BCUT2D eigenvalue weighted by molar-refractivity contribution is -0.144.